The predicted molar refractivity (Wildman–Crippen MR) is 97.2 cm³/mol. The molecule has 27 heavy (non-hydrogen) atoms. The summed E-state index contributed by atoms with van der Waals surface area (Å²) in [6, 6.07) is 3.12. The van der Waals surface area contributed by atoms with Gasteiger partial charge in [-0.2, -0.15) is 0 Å². The molecule has 0 heterocycles. The molecule has 0 N–H and O–H groups in total. The third-order valence-electron chi connectivity index (χ3n) is 4.60. The van der Waals surface area contributed by atoms with Crippen LogP contribution in [0.25, 0.3) is 0 Å². The number of rotatable bonds is 5. The number of methoxy groups -OCH3 is 5. The van der Waals surface area contributed by atoms with Crippen molar-refractivity contribution in [3.8, 4) is 28.7 Å². The highest BCUT2D eigenvalue weighted by Gasteiger charge is 2.39. The molecular formula is C20H20O7. The minimum absolute atomic E-state index is 0.108. The molecule has 0 atom stereocenters. The van der Waals surface area contributed by atoms with Crippen molar-refractivity contribution in [3.05, 3.63) is 39.9 Å². The number of carbonyl (C=O) groups excluding carboxylic acids is 2. The zero-order valence-corrected chi connectivity index (χ0v) is 16.0. The van der Waals surface area contributed by atoms with E-state index < -0.39 is 5.78 Å². The van der Waals surface area contributed by atoms with Gasteiger partial charge in [0.1, 0.15) is 0 Å². The summed E-state index contributed by atoms with van der Waals surface area (Å²) in [7, 11) is 7.19. The summed E-state index contributed by atoms with van der Waals surface area (Å²) in [4.78, 5) is 26.6. The summed E-state index contributed by atoms with van der Waals surface area (Å²) < 4.78 is 26.9. The monoisotopic (exact) mass is 372 g/mol. The van der Waals surface area contributed by atoms with Gasteiger partial charge < -0.3 is 23.7 Å². The van der Waals surface area contributed by atoms with Crippen molar-refractivity contribution in [2.24, 2.45) is 0 Å². The van der Waals surface area contributed by atoms with E-state index in [1.807, 2.05) is 0 Å². The molecule has 0 aromatic heterocycles. The molecule has 1 aliphatic rings. The van der Waals surface area contributed by atoms with Gasteiger partial charge in [0.15, 0.2) is 28.8 Å². The van der Waals surface area contributed by atoms with Gasteiger partial charge in [-0.3, -0.25) is 9.59 Å². The number of ketones is 2. The van der Waals surface area contributed by atoms with Gasteiger partial charge in [-0.05, 0) is 24.6 Å². The van der Waals surface area contributed by atoms with Crippen LogP contribution in [0.5, 0.6) is 28.7 Å². The summed E-state index contributed by atoms with van der Waals surface area (Å²) >= 11 is 0. The maximum atomic E-state index is 13.4. The lowest BCUT2D eigenvalue weighted by Crippen LogP contribution is -2.23. The Morgan fingerprint density at radius 3 is 1.56 bits per heavy atom. The first-order valence-corrected chi connectivity index (χ1v) is 8.12. The molecule has 0 spiro atoms. The van der Waals surface area contributed by atoms with Crippen LogP contribution in [0.1, 0.15) is 37.4 Å². The fourth-order valence-electron chi connectivity index (χ4n) is 3.45. The van der Waals surface area contributed by atoms with Crippen LogP contribution in [0.4, 0.5) is 0 Å². The Balaban J connectivity index is 2.42. The normalized spacial score (nSPS) is 12.2. The van der Waals surface area contributed by atoms with Crippen molar-refractivity contribution in [1.29, 1.82) is 0 Å². The second kappa shape index (κ2) is 6.83. The molecule has 2 aromatic carbocycles. The number of ether oxygens (including phenoxy) is 5. The fourth-order valence-corrected chi connectivity index (χ4v) is 3.45. The van der Waals surface area contributed by atoms with E-state index in [0.29, 0.717) is 17.1 Å². The topological polar surface area (TPSA) is 80.3 Å². The molecule has 0 saturated carbocycles. The fraction of sp³-hybridized carbons (Fsp3) is 0.300. The maximum absolute atomic E-state index is 13.4. The predicted octanol–water partition coefficient (Wildman–Crippen LogP) is 2.81. The molecule has 0 bridgehead atoms. The Kier molecular flexibility index (Phi) is 4.70. The van der Waals surface area contributed by atoms with Gasteiger partial charge >= 0.3 is 0 Å². The smallest absolute Gasteiger partial charge is 0.204 e. The molecule has 7 nitrogen and oxygen atoms in total. The number of fused-ring (bicyclic) bond motifs is 2. The van der Waals surface area contributed by atoms with Gasteiger partial charge in [-0.1, -0.05) is 0 Å². The molecule has 0 unspecified atom stereocenters. The summed E-state index contributed by atoms with van der Waals surface area (Å²) in [5, 5.41) is 0. The summed E-state index contributed by atoms with van der Waals surface area (Å²) in [6.45, 7) is 1.78. The molecule has 0 saturated heterocycles. The van der Waals surface area contributed by atoms with E-state index >= 15 is 0 Å². The molecule has 142 valence electrons. The van der Waals surface area contributed by atoms with Crippen LogP contribution in [0.3, 0.4) is 0 Å². The molecule has 7 heteroatoms. The van der Waals surface area contributed by atoms with Gasteiger partial charge in [0.05, 0.1) is 46.7 Å². The molecular weight excluding hydrogens is 352 g/mol. The van der Waals surface area contributed by atoms with Crippen LogP contribution >= 0.6 is 0 Å². The Bertz CT molecular complexity index is 960. The number of carbonyl (C=O) groups is 2. The lowest BCUT2D eigenvalue weighted by atomic mass is 9.81. The Morgan fingerprint density at radius 2 is 1.07 bits per heavy atom. The molecule has 0 aliphatic heterocycles. The minimum Gasteiger partial charge on any atom is -0.493 e. The van der Waals surface area contributed by atoms with Gasteiger partial charge in [0, 0.05) is 11.1 Å². The molecule has 0 amide bonds. The van der Waals surface area contributed by atoms with Crippen molar-refractivity contribution in [2.45, 2.75) is 6.92 Å². The summed E-state index contributed by atoms with van der Waals surface area (Å²) in [5.74, 6) is 0.554. The van der Waals surface area contributed by atoms with Crippen molar-refractivity contribution in [2.75, 3.05) is 35.5 Å². The van der Waals surface area contributed by atoms with Crippen LogP contribution in [-0.4, -0.2) is 47.1 Å². The van der Waals surface area contributed by atoms with Crippen LogP contribution in [0.15, 0.2) is 12.1 Å². The number of benzene rings is 2. The van der Waals surface area contributed by atoms with E-state index in [4.69, 9.17) is 23.7 Å². The van der Waals surface area contributed by atoms with Gasteiger partial charge in [0.2, 0.25) is 11.5 Å². The SMILES string of the molecule is COc1cc2c(c(OC)c1OC)C(=O)c1c(cc(C)c(OC)c1OC)C2=O. The van der Waals surface area contributed by atoms with Gasteiger partial charge in [-0.15, -0.1) is 0 Å². The van der Waals surface area contributed by atoms with Gasteiger partial charge in [0.25, 0.3) is 0 Å². The second-order valence-corrected chi connectivity index (χ2v) is 5.91. The lowest BCUT2D eigenvalue weighted by Gasteiger charge is -2.25. The van der Waals surface area contributed by atoms with Crippen molar-refractivity contribution >= 4 is 11.6 Å². The first-order valence-electron chi connectivity index (χ1n) is 8.12. The van der Waals surface area contributed by atoms with E-state index in [0.717, 1.165) is 0 Å². The Labute approximate surface area is 156 Å². The molecule has 3 rings (SSSR count). The van der Waals surface area contributed by atoms with Crippen LogP contribution < -0.4 is 23.7 Å². The van der Waals surface area contributed by atoms with Crippen molar-refractivity contribution in [3.63, 3.8) is 0 Å². The van der Waals surface area contributed by atoms with E-state index in [9.17, 15) is 9.59 Å². The van der Waals surface area contributed by atoms with Crippen molar-refractivity contribution in [1.82, 2.24) is 0 Å². The third kappa shape index (κ3) is 2.50. The van der Waals surface area contributed by atoms with Crippen molar-refractivity contribution < 1.29 is 33.3 Å². The minimum atomic E-state index is -0.410. The van der Waals surface area contributed by atoms with E-state index in [-0.39, 0.29) is 45.3 Å². The third-order valence-corrected chi connectivity index (χ3v) is 4.60. The Hall–Kier alpha value is -3.22. The van der Waals surface area contributed by atoms with E-state index in [1.165, 1.54) is 41.6 Å². The summed E-state index contributed by atoms with van der Waals surface area (Å²) in [6.07, 6.45) is 0. The van der Waals surface area contributed by atoms with E-state index in [2.05, 4.69) is 0 Å². The molecule has 0 radical (unpaired) electrons. The largest absolute Gasteiger partial charge is 0.493 e. The quantitative estimate of drug-likeness (QED) is 0.681. The number of aryl methyl sites for hydroxylation is 1. The zero-order chi connectivity index (χ0) is 19.9. The molecule has 2 aromatic rings. The average Bonchev–Trinajstić information content (AvgIpc) is 2.68. The lowest BCUT2D eigenvalue weighted by molar-refractivity contribution is 0.0972. The van der Waals surface area contributed by atoms with Crippen LogP contribution in [0.2, 0.25) is 0 Å². The highest BCUT2D eigenvalue weighted by atomic mass is 16.5. The second-order valence-electron chi connectivity index (χ2n) is 5.91. The zero-order valence-electron chi connectivity index (χ0n) is 16.0. The van der Waals surface area contributed by atoms with Crippen LogP contribution in [-0.2, 0) is 0 Å². The van der Waals surface area contributed by atoms with Crippen LogP contribution in [0, 0.1) is 6.92 Å². The first-order chi connectivity index (χ1) is 12.9. The first kappa shape index (κ1) is 18.6. The molecule has 0 fully saturated rings. The standard InChI is InChI=1S/C20H20O7/c1-9-7-10-13(19(26-5)17(9)24-3)16(22)14-11(15(10)21)8-12(23-2)18(25-4)20(14)27-6/h7-8H,1-6H3. The highest BCUT2D eigenvalue weighted by Crippen LogP contribution is 2.48. The maximum Gasteiger partial charge on any atom is 0.204 e. The van der Waals surface area contributed by atoms with Gasteiger partial charge in [-0.25, -0.2) is 0 Å². The highest BCUT2D eigenvalue weighted by molar-refractivity contribution is 6.31. The molecule has 1 aliphatic carbocycles. The Morgan fingerprint density at radius 1 is 0.593 bits per heavy atom. The number of hydrogen-bond donors (Lipinski definition) is 0. The average molecular weight is 372 g/mol. The van der Waals surface area contributed by atoms with E-state index in [1.54, 1.807) is 13.0 Å². The summed E-state index contributed by atoms with van der Waals surface area (Å²) in [5.41, 5.74) is 1.37. The number of hydrogen-bond acceptors (Lipinski definition) is 7.